The molecule has 0 unspecified atom stereocenters. The van der Waals surface area contributed by atoms with Gasteiger partial charge in [-0.1, -0.05) is 0 Å². The highest BCUT2D eigenvalue weighted by Gasteiger charge is 2.21. The first-order chi connectivity index (χ1) is 8.06. The Morgan fingerprint density at radius 1 is 1.53 bits per heavy atom. The molecule has 1 aliphatic rings. The SMILES string of the molecule is C/C(F)=C\c1nc(C2CCN(C)CC2)[nH]c1C.[HH]. The first-order valence-corrected chi connectivity index (χ1v) is 6.15. The lowest BCUT2D eigenvalue weighted by Gasteiger charge is -2.27. The van der Waals surface area contributed by atoms with Crippen LogP contribution in [0.2, 0.25) is 0 Å². The Hall–Kier alpha value is -1.16. The van der Waals surface area contributed by atoms with Crippen LogP contribution in [0.15, 0.2) is 5.83 Å². The number of H-pyrrole nitrogens is 1. The third-order valence-corrected chi connectivity index (χ3v) is 3.38. The van der Waals surface area contributed by atoms with Crippen molar-refractivity contribution in [3.8, 4) is 0 Å². The fourth-order valence-corrected chi connectivity index (χ4v) is 2.30. The quantitative estimate of drug-likeness (QED) is 0.860. The molecule has 1 aromatic heterocycles. The van der Waals surface area contributed by atoms with Crippen molar-refractivity contribution in [1.29, 1.82) is 0 Å². The number of allylic oxidation sites excluding steroid dienone is 1. The van der Waals surface area contributed by atoms with Crippen LogP contribution in [-0.4, -0.2) is 35.0 Å². The van der Waals surface area contributed by atoms with Crippen molar-refractivity contribution in [3.63, 3.8) is 0 Å². The van der Waals surface area contributed by atoms with E-state index in [2.05, 4.69) is 21.9 Å². The fraction of sp³-hybridized carbons (Fsp3) is 0.615. The van der Waals surface area contributed by atoms with Gasteiger partial charge in [-0.3, -0.25) is 0 Å². The molecule has 2 rings (SSSR count). The van der Waals surface area contributed by atoms with E-state index in [0.717, 1.165) is 43.1 Å². The maximum absolute atomic E-state index is 12.9. The Balaban J connectivity index is 0.00000162. The van der Waals surface area contributed by atoms with Crippen molar-refractivity contribution in [2.75, 3.05) is 20.1 Å². The molecule has 0 bridgehead atoms. The Morgan fingerprint density at radius 3 is 2.76 bits per heavy atom. The van der Waals surface area contributed by atoms with Gasteiger partial charge in [0, 0.05) is 13.0 Å². The van der Waals surface area contributed by atoms with E-state index in [4.69, 9.17) is 0 Å². The highest BCUT2D eigenvalue weighted by atomic mass is 19.1. The summed E-state index contributed by atoms with van der Waals surface area (Å²) < 4.78 is 12.9. The normalized spacial score (nSPS) is 19.9. The van der Waals surface area contributed by atoms with Crippen LogP contribution < -0.4 is 0 Å². The minimum atomic E-state index is -0.200. The van der Waals surface area contributed by atoms with Gasteiger partial charge in [0.2, 0.25) is 0 Å². The molecule has 96 valence electrons. The molecule has 1 aliphatic heterocycles. The second-order valence-electron chi connectivity index (χ2n) is 4.94. The molecule has 0 spiro atoms. The summed E-state index contributed by atoms with van der Waals surface area (Å²) in [5.41, 5.74) is 1.69. The van der Waals surface area contributed by atoms with Gasteiger partial charge in [0.1, 0.15) is 5.82 Å². The van der Waals surface area contributed by atoms with E-state index in [1.54, 1.807) is 0 Å². The van der Waals surface area contributed by atoms with Gasteiger partial charge in [0.15, 0.2) is 0 Å². The molecule has 1 aromatic rings. The molecule has 17 heavy (non-hydrogen) atoms. The molecule has 0 saturated carbocycles. The first kappa shape index (κ1) is 12.3. The van der Waals surface area contributed by atoms with Gasteiger partial charge in [0.05, 0.1) is 11.5 Å². The zero-order valence-electron chi connectivity index (χ0n) is 10.8. The molecule has 1 fully saturated rings. The Bertz CT molecular complexity index is 416. The van der Waals surface area contributed by atoms with Crippen LogP contribution in [0, 0.1) is 6.92 Å². The van der Waals surface area contributed by atoms with Gasteiger partial charge in [-0.15, -0.1) is 0 Å². The van der Waals surface area contributed by atoms with Crippen molar-refractivity contribution in [1.82, 2.24) is 14.9 Å². The summed E-state index contributed by atoms with van der Waals surface area (Å²) in [6, 6.07) is 0. The van der Waals surface area contributed by atoms with Crippen LogP contribution in [0.5, 0.6) is 0 Å². The minimum Gasteiger partial charge on any atom is -0.345 e. The van der Waals surface area contributed by atoms with E-state index in [9.17, 15) is 4.39 Å². The summed E-state index contributed by atoms with van der Waals surface area (Å²) in [6.45, 7) is 5.61. The summed E-state index contributed by atoms with van der Waals surface area (Å²) >= 11 is 0. The highest BCUT2D eigenvalue weighted by molar-refractivity contribution is 5.49. The number of aryl methyl sites for hydroxylation is 1. The largest absolute Gasteiger partial charge is 0.345 e. The lowest BCUT2D eigenvalue weighted by molar-refractivity contribution is 0.251. The van der Waals surface area contributed by atoms with Crippen molar-refractivity contribution >= 4 is 6.08 Å². The highest BCUT2D eigenvalue weighted by Crippen LogP contribution is 2.26. The molecular formula is C13H22FN3. The molecule has 1 saturated heterocycles. The third kappa shape index (κ3) is 2.94. The molecule has 0 atom stereocenters. The maximum Gasteiger partial charge on any atom is 0.110 e. The van der Waals surface area contributed by atoms with Crippen LogP contribution in [0.3, 0.4) is 0 Å². The summed E-state index contributed by atoms with van der Waals surface area (Å²) in [5, 5.41) is 0. The molecule has 1 N–H and O–H groups in total. The van der Waals surface area contributed by atoms with E-state index in [1.807, 2.05) is 6.92 Å². The Morgan fingerprint density at radius 2 is 2.18 bits per heavy atom. The van der Waals surface area contributed by atoms with Gasteiger partial charge in [-0.25, -0.2) is 9.37 Å². The summed E-state index contributed by atoms with van der Waals surface area (Å²) in [5.74, 6) is 1.31. The van der Waals surface area contributed by atoms with E-state index in [-0.39, 0.29) is 7.25 Å². The third-order valence-electron chi connectivity index (χ3n) is 3.38. The lowest BCUT2D eigenvalue weighted by Crippen LogP contribution is -2.29. The number of piperidine rings is 1. The van der Waals surface area contributed by atoms with Gasteiger partial charge in [-0.2, -0.15) is 0 Å². The number of aromatic nitrogens is 2. The molecule has 0 amide bonds. The summed E-state index contributed by atoms with van der Waals surface area (Å²) in [7, 11) is 2.14. The number of rotatable bonds is 2. The Labute approximate surface area is 103 Å². The number of aromatic amines is 1. The first-order valence-electron chi connectivity index (χ1n) is 6.15. The monoisotopic (exact) mass is 239 g/mol. The van der Waals surface area contributed by atoms with Crippen molar-refractivity contribution in [3.05, 3.63) is 23.0 Å². The Kier molecular flexibility index (Phi) is 3.62. The predicted molar refractivity (Wildman–Crippen MR) is 69.7 cm³/mol. The number of nitrogens with one attached hydrogen (secondary N) is 1. The van der Waals surface area contributed by atoms with Crippen molar-refractivity contribution in [2.24, 2.45) is 0 Å². The molecular weight excluding hydrogens is 217 g/mol. The average Bonchev–Trinajstić information content (AvgIpc) is 2.60. The second kappa shape index (κ2) is 5.00. The predicted octanol–water partition coefficient (Wildman–Crippen LogP) is 3.10. The standard InChI is InChI=1S/C13H20FN3.H2/c1-9(14)8-12-10(2)15-13(16-12)11-4-6-17(3)7-5-11;/h8,11H,4-7H2,1-3H3,(H,15,16);1H/b9-8+;. The topological polar surface area (TPSA) is 31.9 Å². The molecule has 4 heteroatoms. The van der Waals surface area contributed by atoms with Crippen LogP contribution in [0.25, 0.3) is 6.08 Å². The molecule has 3 nitrogen and oxygen atoms in total. The average molecular weight is 239 g/mol. The molecule has 0 radical (unpaired) electrons. The summed E-state index contributed by atoms with van der Waals surface area (Å²) in [6.07, 6.45) is 3.74. The van der Waals surface area contributed by atoms with Crippen LogP contribution in [-0.2, 0) is 0 Å². The smallest absolute Gasteiger partial charge is 0.110 e. The summed E-state index contributed by atoms with van der Waals surface area (Å²) in [4.78, 5) is 10.1. The van der Waals surface area contributed by atoms with Crippen LogP contribution in [0.1, 0.15) is 44.3 Å². The second-order valence-corrected chi connectivity index (χ2v) is 4.94. The van der Waals surface area contributed by atoms with Gasteiger partial charge < -0.3 is 9.88 Å². The molecule has 0 aromatic carbocycles. The minimum absolute atomic E-state index is 0. The number of nitrogens with zero attached hydrogens (tertiary/aromatic N) is 2. The maximum atomic E-state index is 12.9. The number of likely N-dealkylation sites (tertiary alicyclic amines) is 1. The van der Waals surface area contributed by atoms with Gasteiger partial charge in [0.25, 0.3) is 0 Å². The zero-order valence-corrected chi connectivity index (χ0v) is 10.8. The van der Waals surface area contributed by atoms with Gasteiger partial charge >= 0.3 is 0 Å². The van der Waals surface area contributed by atoms with E-state index in [1.165, 1.54) is 13.0 Å². The number of hydrogen-bond acceptors (Lipinski definition) is 2. The number of hydrogen-bond donors (Lipinski definition) is 1. The van der Waals surface area contributed by atoms with Crippen LogP contribution in [0.4, 0.5) is 4.39 Å². The number of halogens is 1. The lowest BCUT2D eigenvalue weighted by atomic mass is 9.97. The van der Waals surface area contributed by atoms with E-state index in [0.29, 0.717) is 5.92 Å². The van der Waals surface area contributed by atoms with E-state index >= 15 is 0 Å². The zero-order chi connectivity index (χ0) is 12.4. The number of imidazole rings is 1. The molecule has 0 aliphatic carbocycles. The van der Waals surface area contributed by atoms with E-state index < -0.39 is 0 Å². The molecule has 2 heterocycles. The van der Waals surface area contributed by atoms with Crippen molar-refractivity contribution in [2.45, 2.75) is 32.6 Å². The fourth-order valence-electron chi connectivity index (χ4n) is 2.30. The van der Waals surface area contributed by atoms with Crippen LogP contribution >= 0.6 is 0 Å². The van der Waals surface area contributed by atoms with Gasteiger partial charge in [-0.05, 0) is 52.9 Å². The van der Waals surface area contributed by atoms with Crippen molar-refractivity contribution < 1.29 is 5.82 Å².